The molecule has 6 heteroatoms. The summed E-state index contributed by atoms with van der Waals surface area (Å²) < 4.78 is 5.63. The fourth-order valence-corrected chi connectivity index (χ4v) is 2.70. The van der Waals surface area contributed by atoms with Crippen LogP contribution in [0.2, 0.25) is 5.02 Å². The van der Waals surface area contributed by atoms with Crippen molar-refractivity contribution in [2.24, 2.45) is 10.9 Å². The first-order valence-electron chi connectivity index (χ1n) is 6.28. The molecule has 0 unspecified atom stereocenters. The summed E-state index contributed by atoms with van der Waals surface area (Å²) >= 11 is 7.61. The van der Waals surface area contributed by atoms with Gasteiger partial charge in [-0.2, -0.15) is 0 Å². The summed E-state index contributed by atoms with van der Waals surface area (Å²) in [6.45, 7) is 0.583. The summed E-state index contributed by atoms with van der Waals surface area (Å²) in [7, 11) is 0. The van der Waals surface area contributed by atoms with Gasteiger partial charge in [0.05, 0.1) is 6.61 Å². The topological polar surface area (TPSA) is 67.8 Å². The molecule has 0 aromatic heterocycles. The lowest BCUT2D eigenvalue weighted by Gasteiger charge is -2.07. The molecule has 0 amide bonds. The number of ether oxygens (including phenoxy) is 1. The number of rotatable bonds is 6. The van der Waals surface area contributed by atoms with Crippen molar-refractivity contribution in [3.8, 4) is 5.75 Å². The van der Waals surface area contributed by atoms with Crippen LogP contribution in [0.15, 0.2) is 58.6 Å². The Morgan fingerprint density at radius 2 is 2.00 bits per heavy atom. The summed E-state index contributed by atoms with van der Waals surface area (Å²) in [5, 5.41) is 12.3. The minimum Gasteiger partial charge on any atom is -0.493 e. The molecule has 21 heavy (non-hydrogen) atoms. The van der Waals surface area contributed by atoms with E-state index in [-0.39, 0.29) is 5.84 Å². The van der Waals surface area contributed by atoms with Gasteiger partial charge in [0.25, 0.3) is 0 Å². The fraction of sp³-hybridized carbons (Fsp3) is 0.133. The van der Waals surface area contributed by atoms with Gasteiger partial charge in [-0.3, -0.25) is 0 Å². The van der Waals surface area contributed by atoms with Gasteiger partial charge in [0, 0.05) is 21.2 Å². The lowest BCUT2D eigenvalue weighted by Crippen LogP contribution is -2.12. The summed E-state index contributed by atoms with van der Waals surface area (Å²) in [4.78, 5) is 1.12. The highest BCUT2D eigenvalue weighted by Gasteiger charge is 2.00. The number of oxime groups is 1. The first-order chi connectivity index (χ1) is 10.2. The lowest BCUT2D eigenvalue weighted by atomic mass is 10.2. The van der Waals surface area contributed by atoms with Crippen molar-refractivity contribution >= 4 is 29.2 Å². The average molecular weight is 323 g/mol. The Morgan fingerprint density at radius 3 is 2.67 bits per heavy atom. The van der Waals surface area contributed by atoms with Gasteiger partial charge in [0.1, 0.15) is 5.75 Å². The SMILES string of the molecule is NC(=NO)c1ccc(OCCSc2cccc(Cl)c2)cc1. The molecular formula is C15H15ClN2O2S. The Hall–Kier alpha value is -1.85. The largest absolute Gasteiger partial charge is 0.493 e. The molecule has 2 aromatic rings. The molecule has 0 fully saturated rings. The smallest absolute Gasteiger partial charge is 0.170 e. The molecule has 0 aliphatic rings. The van der Waals surface area contributed by atoms with Gasteiger partial charge in [-0.15, -0.1) is 11.8 Å². The van der Waals surface area contributed by atoms with Gasteiger partial charge in [0.15, 0.2) is 5.84 Å². The van der Waals surface area contributed by atoms with Crippen LogP contribution in [0.1, 0.15) is 5.56 Å². The molecule has 0 radical (unpaired) electrons. The van der Waals surface area contributed by atoms with E-state index in [2.05, 4.69) is 5.16 Å². The van der Waals surface area contributed by atoms with E-state index in [4.69, 9.17) is 27.3 Å². The van der Waals surface area contributed by atoms with Gasteiger partial charge in [-0.1, -0.05) is 22.8 Å². The van der Waals surface area contributed by atoms with Gasteiger partial charge >= 0.3 is 0 Å². The molecule has 2 aromatic carbocycles. The average Bonchev–Trinajstić information content (AvgIpc) is 2.51. The predicted molar refractivity (Wildman–Crippen MR) is 86.6 cm³/mol. The zero-order chi connectivity index (χ0) is 15.1. The molecule has 110 valence electrons. The van der Waals surface area contributed by atoms with Crippen LogP contribution in [0, 0.1) is 0 Å². The second-order valence-electron chi connectivity index (χ2n) is 4.16. The lowest BCUT2D eigenvalue weighted by molar-refractivity contribution is 0.318. The van der Waals surface area contributed by atoms with E-state index >= 15 is 0 Å². The quantitative estimate of drug-likeness (QED) is 0.213. The number of nitrogens with zero attached hydrogens (tertiary/aromatic N) is 1. The van der Waals surface area contributed by atoms with Crippen molar-refractivity contribution < 1.29 is 9.94 Å². The van der Waals surface area contributed by atoms with E-state index in [1.54, 1.807) is 36.0 Å². The maximum absolute atomic E-state index is 8.58. The van der Waals surface area contributed by atoms with Crippen LogP contribution in [0.4, 0.5) is 0 Å². The van der Waals surface area contributed by atoms with Crippen molar-refractivity contribution in [3.05, 3.63) is 59.1 Å². The number of nitrogens with two attached hydrogens (primary N) is 1. The molecule has 0 saturated carbocycles. The third-order valence-electron chi connectivity index (χ3n) is 2.67. The third kappa shape index (κ3) is 4.88. The number of hydrogen-bond donors (Lipinski definition) is 2. The highest BCUT2D eigenvalue weighted by atomic mass is 35.5. The van der Waals surface area contributed by atoms with Crippen molar-refractivity contribution in [2.45, 2.75) is 4.90 Å². The predicted octanol–water partition coefficient (Wildman–Crippen LogP) is 3.61. The van der Waals surface area contributed by atoms with Crippen molar-refractivity contribution in [1.29, 1.82) is 0 Å². The minimum atomic E-state index is 0.0815. The van der Waals surface area contributed by atoms with Crippen LogP contribution < -0.4 is 10.5 Å². The molecule has 0 spiro atoms. The second-order valence-corrected chi connectivity index (χ2v) is 5.77. The first kappa shape index (κ1) is 15.5. The van der Waals surface area contributed by atoms with Crippen LogP contribution >= 0.6 is 23.4 Å². The van der Waals surface area contributed by atoms with E-state index in [0.29, 0.717) is 12.2 Å². The standard InChI is InChI=1S/C15H15ClN2O2S/c16-12-2-1-3-14(10-12)21-9-8-20-13-6-4-11(5-7-13)15(17)18-19/h1-7,10,19H,8-9H2,(H2,17,18). The summed E-state index contributed by atoms with van der Waals surface area (Å²) in [5.41, 5.74) is 6.14. The van der Waals surface area contributed by atoms with Crippen LogP contribution in [0.25, 0.3) is 0 Å². The van der Waals surface area contributed by atoms with Crippen LogP contribution in [0.3, 0.4) is 0 Å². The number of thioether (sulfide) groups is 1. The van der Waals surface area contributed by atoms with E-state index in [0.717, 1.165) is 21.4 Å². The Bertz CT molecular complexity index is 617. The highest BCUT2D eigenvalue weighted by Crippen LogP contribution is 2.21. The monoisotopic (exact) mass is 322 g/mol. The second kappa shape index (κ2) is 7.81. The maximum Gasteiger partial charge on any atom is 0.170 e. The Kier molecular flexibility index (Phi) is 5.78. The van der Waals surface area contributed by atoms with E-state index in [1.807, 2.05) is 24.3 Å². The van der Waals surface area contributed by atoms with Crippen molar-refractivity contribution in [3.63, 3.8) is 0 Å². The Morgan fingerprint density at radius 1 is 1.24 bits per heavy atom. The maximum atomic E-state index is 8.58. The van der Waals surface area contributed by atoms with Gasteiger partial charge in [-0.05, 0) is 42.5 Å². The fourth-order valence-electron chi connectivity index (χ4n) is 1.66. The third-order valence-corrected chi connectivity index (χ3v) is 3.87. The molecule has 4 nitrogen and oxygen atoms in total. The van der Waals surface area contributed by atoms with Crippen LogP contribution in [0.5, 0.6) is 5.75 Å². The Labute approximate surface area is 132 Å². The summed E-state index contributed by atoms with van der Waals surface area (Å²) in [6, 6.07) is 14.8. The molecule has 0 atom stereocenters. The molecule has 3 N–H and O–H groups in total. The zero-order valence-electron chi connectivity index (χ0n) is 11.2. The normalized spacial score (nSPS) is 11.4. The summed E-state index contributed by atoms with van der Waals surface area (Å²) in [5.74, 6) is 1.65. The minimum absolute atomic E-state index is 0.0815. The molecule has 2 rings (SSSR count). The van der Waals surface area contributed by atoms with Crippen LogP contribution in [-0.4, -0.2) is 23.4 Å². The van der Waals surface area contributed by atoms with Crippen molar-refractivity contribution in [1.82, 2.24) is 0 Å². The van der Waals surface area contributed by atoms with Gasteiger partial charge < -0.3 is 15.7 Å². The Balaban J connectivity index is 1.78. The van der Waals surface area contributed by atoms with Gasteiger partial charge in [0.2, 0.25) is 0 Å². The van der Waals surface area contributed by atoms with Gasteiger partial charge in [-0.25, -0.2) is 0 Å². The number of halogens is 1. The molecular weight excluding hydrogens is 308 g/mol. The van der Waals surface area contributed by atoms with E-state index in [1.165, 1.54) is 0 Å². The van der Waals surface area contributed by atoms with E-state index < -0.39 is 0 Å². The molecule has 0 heterocycles. The number of hydrogen-bond acceptors (Lipinski definition) is 4. The highest BCUT2D eigenvalue weighted by molar-refractivity contribution is 7.99. The van der Waals surface area contributed by atoms with E-state index in [9.17, 15) is 0 Å². The van der Waals surface area contributed by atoms with Crippen LogP contribution in [-0.2, 0) is 0 Å². The first-order valence-corrected chi connectivity index (χ1v) is 7.64. The zero-order valence-corrected chi connectivity index (χ0v) is 12.8. The molecule has 0 aliphatic carbocycles. The van der Waals surface area contributed by atoms with Crippen molar-refractivity contribution in [2.75, 3.05) is 12.4 Å². The summed E-state index contributed by atoms with van der Waals surface area (Å²) in [6.07, 6.45) is 0. The molecule has 0 saturated heterocycles. The number of amidine groups is 1. The molecule has 0 aliphatic heterocycles. The number of benzene rings is 2. The molecule has 0 bridgehead atoms.